The van der Waals surface area contributed by atoms with Crippen molar-refractivity contribution in [3.05, 3.63) is 20.7 Å². The van der Waals surface area contributed by atoms with Crippen molar-refractivity contribution < 1.29 is 10.0 Å². The maximum absolute atomic E-state index is 12.3. The summed E-state index contributed by atoms with van der Waals surface area (Å²) in [6.45, 7) is 11.1. The molecule has 1 aromatic heterocycles. The lowest BCUT2D eigenvalue weighted by Crippen LogP contribution is -3.10. The molecule has 0 saturated carbocycles. The molecule has 6 heteroatoms. The number of hydrogen-bond acceptors (Lipinski definition) is 3. The molecule has 0 amide bonds. The second-order valence-corrected chi connectivity index (χ2v) is 4.86. The first-order valence-corrected chi connectivity index (χ1v) is 7.29. The highest BCUT2D eigenvalue weighted by Crippen LogP contribution is 2.10. The summed E-state index contributed by atoms with van der Waals surface area (Å²) in [6, 6.07) is 0. The van der Waals surface area contributed by atoms with Crippen LogP contribution in [0.3, 0.4) is 0 Å². The van der Waals surface area contributed by atoms with Gasteiger partial charge < -0.3 is 14.6 Å². The first-order chi connectivity index (χ1) is 9.01. The van der Waals surface area contributed by atoms with E-state index in [0.29, 0.717) is 30.0 Å². The highest BCUT2D eigenvalue weighted by atomic mass is 32.1. The minimum absolute atomic E-state index is 0.221. The summed E-state index contributed by atoms with van der Waals surface area (Å²) in [7, 11) is 0. The lowest BCUT2D eigenvalue weighted by Gasteiger charge is -2.24. The van der Waals surface area contributed by atoms with Crippen molar-refractivity contribution in [1.29, 1.82) is 0 Å². The van der Waals surface area contributed by atoms with Gasteiger partial charge in [-0.05, 0) is 45.8 Å². The van der Waals surface area contributed by atoms with E-state index in [0.717, 1.165) is 13.1 Å². The molecule has 0 bridgehead atoms. The Hall–Kier alpha value is -1.14. The van der Waals surface area contributed by atoms with Crippen LogP contribution >= 0.6 is 12.2 Å². The van der Waals surface area contributed by atoms with Crippen molar-refractivity contribution >= 4 is 12.2 Å². The number of aromatic nitrogens is 2. The van der Waals surface area contributed by atoms with Crippen molar-refractivity contribution in [1.82, 2.24) is 9.13 Å². The van der Waals surface area contributed by atoms with E-state index in [2.05, 4.69) is 13.8 Å². The summed E-state index contributed by atoms with van der Waals surface area (Å²) in [4.78, 5) is 13.6. The normalized spacial score (nSPS) is 11.2. The number of quaternary nitrogens is 1. The first kappa shape index (κ1) is 15.9. The van der Waals surface area contributed by atoms with Crippen molar-refractivity contribution in [2.75, 3.05) is 13.1 Å². The SMILES string of the molecule is CCn1c([O-])c(C[NH+](CC)CC)c(=O)n(CC)c1=S. The monoisotopic (exact) mass is 285 g/mol. The number of hydrogen-bond donors (Lipinski definition) is 1. The van der Waals surface area contributed by atoms with Crippen LogP contribution in [0.5, 0.6) is 5.88 Å². The summed E-state index contributed by atoms with van der Waals surface area (Å²) in [6.07, 6.45) is 0. The van der Waals surface area contributed by atoms with Crippen LogP contribution < -0.4 is 15.6 Å². The fourth-order valence-corrected chi connectivity index (χ4v) is 2.62. The highest BCUT2D eigenvalue weighted by Gasteiger charge is 2.14. The third kappa shape index (κ3) is 3.06. The minimum atomic E-state index is -0.221. The van der Waals surface area contributed by atoms with Gasteiger partial charge in [0, 0.05) is 13.1 Å². The maximum atomic E-state index is 12.3. The second kappa shape index (κ2) is 6.86. The van der Waals surface area contributed by atoms with Gasteiger partial charge in [0.1, 0.15) is 6.54 Å². The zero-order chi connectivity index (χ0) is 14.6. The zero-order valence-corrected chi connectivity index (χ0v) is 13.0. The van der Waals surface area contributed by atoms with Crippen molar-refractivity contribution in [3.8, 4) is 5.88 Å². The molecule has 0 saturated heterocycles. The Morgan fingerprint density at radius 1 is 1.11 bits per heavy atom. The van der Waals surface area contributed by atoms with E-state index in [-0.39, 0.29) is 11.4 Å². The lowest BCUT2D eigenvalue weighted by atomic mass is 10.2. The van der Waals surface area contributed by atoms with Gasteiger partial charge in [-0.25, -0.2) is 0 Å². The van der Waals surface area contributed by atoms with Crippen LogP contribution in [0.1, 0.15) is 33.3 Å². The Kier molecular flexibility index (Phi) is 5.75. The van der Waals surface area contributed by atoms with Gasteiger partial charge in [-0.15, -0.1) is 0 Å². The fraction of sp³-hybridized carbons (Fsp3) is 0.692. The average Bonchev–Trinajstić information content (AvgIpc) is 2.40. The molecule has 1 heterocycles. The maximum Gasteiger partial charge on any atom is 0.262 e. The summed E-state index contributed by atoms with van der Waals surface area (Å²) >= 11 is 5.21. The van der Waals surface area contributed by atoms with Gasteiger partial charge in [-0.3, -0.25) is 9.36 Å². The Morgan fingerprint density at radius 2 is 1.63 bits per heavy atom. The molecular formula is C13H23N3O2S. The van der Waals surface area contributed by atoms with E-state index in [4.69, 9.17) is 12.2 Å². The number of rotatable bonds is 6. The molecule has 0 spiro atoms. The number of nitrogens with one attached hydrogen (secondary N) is 1. The standard InChI is InChI=1S/C13H23N3O2S/c1-5-14(6-2)9-10-11(17)15(7-3)13(19)16(8-4)12(10)18/h17H,5-9H2,1-4H3. The first-order valence-electron chi connectivity index (χ1n) is 6.88. The van der Waals surface area contributed by atoms with E-state index in [1.807, 2.05) is 13.8 Å². The van der Waals surface area contributed by atoms with Crippen LogP contribution in [0.2, 0.25) is 0 Å². The predicted molar refractivity (Wildman–Crippen MR) is 76.1 cm³/mol. The van der Waals surface area contributed by atoms with Gasteiger partial charge in [0.2, 0.25) is 0 Å². The van der Waals surface area contributed by atoms with Gasteiger partial charge >= 0.3 is 0 Å². The molecule has 0 aliphatic rings. The van der Waals surface area contributed by atoms with E-state index in [1.54, 1.807) is 0 Å². The van der Waals surface area contributed by atoms with Gasteiger partial charge in [0.25, 0.3) is 5.56 Å². The Morgan fingerprint density at radius 3 is 2.05 bits per heavy atom. The molecule has 108 valence electrons. The van der Waals surface area contributed by atoms with Gasteiger partial charge in [0.15, 0.2) is 4.77 Å². The molecule has 0 radical (unpaired) electrons. The summed E-state index contributed by atoms with van der Waals surface area (Å²) in [5, 5.41) is 12.3. The molecule has 5 nitrogen and oxygen atoms in total. The fourth-order valence-electron chi connectivity index (χ4n) is 2.20. The van der Waals surface area contributed by atoms with E-state index in [1.165, 1.54) is 14.0 Å². The predicted octanol–water partition coefficient (Wildman–Crippen LogP) is -0.0826. The molecule has 1 aromatic rings. The Balaban J connectivity index is 3.47. The summed E-state index contributed by atoms with van der Waals surface area (Å²) in [5.41, 5.74) is 0.137. The number of nitrogens with zero attached hydrogens (tertiary/aromatic N) is 2. The van der Waals surface area contributed by atoms with Crippen LogP contribution in [0.15, 0.2) is 4.79 Å². The van der Waals surface area contributed by atoms with Crippen LogP contribution in [-0.4, -0.2) is 22.2 Å². The molecule has 0 fully saturated rings. The molecule has 0 aromatic carbocycles. The third-order valence-corrected chi connectivity index (χ3v) is 3.97. The largest absolute Gasteiger partial charge is 0.860 e. The van der Waals surface area contributed by atoms with Crippen LogP contribution in [0, 0.1) is 4.77 Å². The molecule has 0 aliphatic carbocycles. The summed E-state index contributed by atoms with van der Waals surface area (Å²) in [5.74, 6) is -0.221. The summed E-state index contributed by atoms with van der Waals surface area (Å²) < 4.78 is 3.36. The lowest BCUT2D eigenvalue weighted by molar-refractivity contribution is -0.910. The van der Waals surface area contributed by atoms with E-state index in [9.17, 15) is 9.90 Å². The zero-order valence-electron chi connectivity index (χ0n) is 12.2. The smallest absolute Gasteiger partial charge is 0.262 e. The van der Waals surface area contributed by atoms with Gasteiger partial charge in [-0.1, -0.05) is 0 Å². The van der Waals surface area contributed by atoms with Gasteiger partial charge in [0.05, 0.1) is 18.7 Å². The van der Waals surface area contributed by atoms with E-state index < -0.39 is 0 Å². The van der Waals surface area contributed by atoms with E-state index >= 15 is 0 Å². The quantitative estimate of drug-likeness (QED) is 0.744. The minimum Gasteiger partial charge on any atom is -0.860 e. The van der Waals surface area contributed by atoms with Crippen LogP contribution in [-0.2, 0) is 19.6 Å². The average molecular weight is 285 g/mol. The Bertz CT molecular complexity index is 544. The van der Waals surface area contributed by atoms with Gasteiger partial charge in [-0.2, -0.15) is 0 Å². The molecule has 0 aliphatic heterocycles. The van der Waals surface area contributed by atoms with Crippen molar-refractivity contribution in [2.24, 2.45) is 0 Å². The topological polar surface area (TPSA) is 54.4 Å². The second-order valence-electron chi connectivity index (χ2n) is 4.49. The van der Waals surface area contributed by atoms with Crippen LogP contribution in [0.4, 0.5) is 0 Å². The molecule has 19 heavy (non-hydrogen) atoms. The van der Waals surface area contributed by atoms with Crippen molar-refractivity contribution in [2.45, 2.75) is 47.3 Å². The van der Waals surface area contributed by atoms with Crippen molar-refractivity contribution in [3.63, 3.8) is 0 Å². The van der Waals surface area contributed by atoms with Crippen LogP contribution in [0.25, 0.3) is 0 Å². The third-order valence-electron chi connectivity index (χ3n) is 3.53. The molecule has 1 N–H and O–H groups in total. The molecule has 0 atom stereocenters. The Labute approximate surface area is 119 Å². The molecule has 0 unspecified atom stereocenters. The molecular weight excluding hydrogens is 262 g/mol. The molecule has 1 rings (SSSR count). The highest BCUT2D eigenvalue weighted by molar-refractivity contribution is 7.71.